The molecular formula is C17H18ClFN2O3S. The van der Waals surface area contributed by atoms with E-state index in [9.17, 15) is 17.6 Å². The van der Waals surface area contributed by atoms with Crippen LogP contribution in [0.15, 0.2) is 53.4 Å². The molecule has 0 aliphatic heterocycles. The lowest BCUT2D eigenvalue weighted by Crippen LogP contribution is -2.31. The zero-order valence-electron chi connectivity index (χ0n) is 13.3. The molecule has 0 saturated carbocycles. The van der Waals surface area contributed by atoms with Gasteiger partial charge in [-0.3, -0.25) is 4.79 Å². The Bertz CT molecular complexity index is 843. The molecule has 8 heteroatoms. The zero-order valence-corrected chi connectivity index (χ0v) is 14.9. The van der Waals surface area contributed by atoms with Crippen molar-refractivity contribution in [1.82, 2.24) is 10.0 Å². The molecule has 0 fully saturated rings. The topological polar surface area (TPSA) is 75.3 Å². The standard InChI is InChI=1S/C17H18ClFN2O3S/c18-14-4-2-6-16(12-14)25(23,24)21-10-8-17(22)20-9-7-13-3-1-5-15(19)11-13/h1-6,11-12,21H,7-10H2,(H,20,22). The zero-order chi connectivity index (χ0) is 18.3. The summed E-state index contributed by atoms with van der Waals surface area (Å²) >= 11 is 5.77. The number of halogens is 2. The van der Waals surface area contributed by atoms with Crippen molar-refractivity contribution in [2.75, 3.05) is 13.1 Å². The van der Waals surface area contributed by atoms with Gasteiger partial charge in [0, 0.05) is 24.5 Å². The van der Waals surface area contributed by atoms with Crippen LogP contribution in [0.25, 0.3) is 0 Å². The number of carbonyl (C=O) groups is 1. The lowest BCUT2D eigenvalue weighted by atomic mass is 10.1. The Morgan fingerprint density at radius 3 is 2.56 bits per heavy atom. The molecule has 25 heavy (non-hydrogen) atoms. The Morgan fingerprint density at radius 2 is 1.84 bits per heavy atom. The van der Waals surface area contributed by atoms with Gasteiger partial charge in [-0.1, -0.05) is 29.8 Å². The molecule has 2 aromatic rings. The summed E-state index contributed by atoms with van der Waals surface area (Å²) in [5.41, 5.74) is 0.780. The monoisotopic (exact) mass is 384 g/mol. The molecule has 2 aromatic carbocycles. The van der Waals surface area contributed by atoms with Gasteiger partial charge in [0.25, 0.3) is 0 Å². The minimum atomic E-state index is -3.70. The summed E-state index contributed by atoms with van der Waals surface area (Å²) in [6.45, 7) is 0.323. The Kier molecular flexibility index (Phi) is 6.92. The van der Waals surface area contributed by atoms with Crippen molar-refractivity contribution in [3.63, 3.8) is 0 Å². The molecule has 0 saturated heterocycles. The number of hydrogen-bond donors (Lipinski definition) is 2. The fourth-order valence-electron chi connectivity index (χ4n) is 2.14. The first-order valence-corrected chi connectivity index (χ1v) is 9.49. The third kappa shape index (κ3) is 6.45. The van der Waals surface area contributed by atoms with Crippen molar-refractivity contribution >= 4 is 27.5 Å². The van der Waals surface area contributed by atoms with Crippen LogP contribution in [-0.2, 0) is 21.2 Å². The van der Waals surface area contributed by atoms with Gasteiger partial charge >= 0.3 is 0 Å². The Morgan fingerprint density at radius 1 is 1.08 bits per heavy atom. The number of hydrogen-bond acceptors (Lipinski definition) is 3. The molecule has 2 N–H and O–H groups in total. The van der Waals surface area contributed by atoms with E-state index in [1.807, 2.05) is 0 Å². The quantitative estimate of drug-likeness (QED) is 0.734. The number of carbonyl (C=O) groups excluding carboxylic acids is 1. The van der Waals surface area contributed by atoms with Gasteiger partial charge in [-0.25, -0.2) is 17.5 Å². The normalized spacial score (nSPS) is 11.3. The second-order valence-corrected chi connectivity index (χ2v) is 7.54. The van der Waals surface area contributed by atoms with Crippen LogP contribution in [0, 0.1) is 5.82 Å². The van der Waals surface area contributed by atoms with E-state index < -0.39 is 10.0 Å². The van der Waals surface area contributed by atoms with Crippen molar-refractivity contribution in [1.29, 1.82) is 0 Å². The molecular weight excluding hydrogens is 367 g/mol. The molecule has 0 radical (unpaired) electrons. The molecule has 5 nitrogen and oxygen atoms in total. The van der Waals surface area contributed by atoms with Crippen LogP contribution in [0.1, 0.15) is 12.0 Å². The Balaban J connectivity index is 1.73. The summed E-state index contributed by atoms with van der Waals surface area (Å²) in [4.78, 5) is 11.8. The SMILES string of the molecule is O=C(CCNS(=O)(=O)c1cccc(Cl)c1)NCCc1cccc(F)c1. The molecule has 0 atom stereocenters. The minimum absolute atomic E-state index is 0.00292. The summed E-state index contributed by atoms with van der Waals surface area (Å²) in [5.74, 6) is -0.607. The van der Waals surface area contributed by atoms with E-state index >= 15 is 0 Å². The molecule has 0 heterocycles. The average molecular weight is 385 g/mol. The smallest absolute Gasteiger partial charge is 0.240 e. The van der Waals surface area contributed by atoms with E-state index in [1.165, 1.54) is 30.3 Å². The second kappa shape index (κ2) is 8.94. The predicted octanol–water partition coefficient (Wildman–Crippen LogP) is 2.51. The van der Waals surface area contributed by atoms with Gasteiger partial charge in [-0.2, -0.15) is 0 Å². The summed E-state index contributed by atoms with van der Waals surface area (Å²) in [6.07, 6.45) is 0.501. The van der Waals surface area contributed by atoms with Gasteiger partial charge in [0.1, 0.15) is 5.82 Å². The maximum Gasteiger partial charge on any atom is 0.240 e. The molecule has 1 amide bonds. The molecule has 2 rings (SSSR count). The third-order valence-electron chi connectivity index (χ3n) is 3.38. The number of amides is 1. The maximum absolute atomic E-state index is 13.0. The highest BCUT2D eigenvalue weighted by Gasteiger charge is 2.14. The lowest BCUT2D eigenvalue weighted by molar-refractivity contribution is -0.120. The molecule has 134 valence electrons. The van der Waals surface area contributed by atoms with Gasteiger partial charge < -0.3 is 5.32 Å². The Labute approximate surface area is 151 Å². The fourth-order valence-corrected chi connectivity index (χ4v) is 3.48. The molecule has 0 unspecified atom stereocenters. The highest BCUT2D eigenvalue weighted by Crippen LogP contribution is 2.15. The maximum atomic E-state index is 13.0. The fraction of sp³-hybridized carbons (Fsp3) is 0.235. The van der Waals surface area contributed by atoms with E-state index in [4.69, 9.17) is 11.6 Å². The van der Waals surface area contributed by atoms with Crippen LogP contribution in [0.2, 0.25) is 5.02 Å². The molecule has 0 bridgehead atoms. The molecule has 0 aliphatic rings. The van der Waals surface area contributed by atoms with Crippen LogP contribution in [-0.4, -0.2) is 27.4 Å². The third-order valence-corrected chi connectivity index (χ3v) is 5.07. The summed E-state index contributed by atoms with van der Waals surface area (Å²) < 4.78 is 39.5. The molecule has 0 aromatic heterocycles. The van der Waals surface area contributed by atoms with Crippen LogP contribution >= 0.6 is 11.6 Å². The number of sulfonamides is 1. The van der Waals surface area contributed by atoms with E-state index in [-0.39, 0.29) is 29.6 Å². The summed E-state index contributed by atoms with van der Waals surface area (Å²) in [5, 5.41) is 2.99. The van der Waals surface area contributed by atoms with E-state index in [0.29, 0.717) is 18.0 Å². The first kappa shape index (κ1) is 19.4. The minimum Gasteiger partial charge on any atom is -0.356 e. The van der Waals surface area contributed by atoms with E-state index in [0.717, 1.165) is 5.56 Å². The van der Waals surface area contributed by atoms with Crippen LogP contribution in [0.3, 0.4) is 0 Å². The second-order valence-electron chi connectivity index (χ2n) is 5.34. The van der Waals surface area contributed by atoms with Crippen molar-refractivity contribution in [3.05, 3.63) is 64.9 Å². The van der Waals surface area contributed by atoms with Gasteiger partial charge in [-0.15, -0.1) is 0 Å². The highest BCUT2D eigenvalue weighted by atomic mass is 35.5. The first-order chi connectivity index (χ1) is 11.9. The van der Waals surface area contributed by atoms with E-state index in [1.54, 1.807) is 18.2 Å². The number of rotatable bonds is 8. The lowest BCUT2D eigenvalue weighted by Gasteiger charge is -2.08. The Hall–Kier alpha value is -1.96. The molecule has 0 aliphatic carbocycles. The largest absolute Gasteiger partial charge is 0.356 e. The van der Waals surface area contributed by atoms with Crippen molar-refractivity contribution < 1.29 is 17.6 Å². The predicted molar refractivity (Wildman–Crippen MR) is 94.4 cm³/mol. The van der Waals surface area contributed by atoms with Crippen molar-refractivity contribution in [2.45, 2.75) is 17.7 Å². The van der Waals surface area contributed by atoms with Gasteiger partial charge in [0.05, 0.1) is 4.90 Å². The van der Waals surface area contributed by atoms with Gasteiger partial charge in [0.2, 0.25) is 15.9 Å². The van der Waals surface area contributed by atoms with Crippen LogP contribution in [0.4, 0.5) is 4.39 Å². The average Bonchev–Trinajstić information content (AvgIpc) is 2.55. The molecule has 0 spiro atoms. The van der Waals surface area contributed by atoms with E-state index in [2.05, 4.69) is 10.0 Å². The number of nitrogens with one attached hydrogen (secondary N) is 2. The number of benzene rings is 2. The van der Waals surface area contributed by atoms with Crippen molar-refractivity contribution in [2.24, 2.45) is 0 Å². The van der Waals surface area contributed by atoms with Gasteiger partial charge in [0.15, 0.2) is 0 Å². The van der Waals surface area contributed by atoms with Crippen LogP contribution in [0.5, 0.6) is 0 Å². The van der Waals surface area contributed by atoms with Gasteiger partial charge in [-0.05, 0) is 42.3 Å². The first-order valence-electron chi connectivity index (χ1n) is 7.63. The summed E-state index contributed by atoms with van der Waals surface area (Å²) in [7, 11) is -3.70. The van der Waals surface area contributed by atoms with Crippen molar-refractivity contribution in [3.8, 4) is 0 Å². The highest BCUT2D eigenvalue weighted by molar-refractivity contribution is 7.89. The van der Waals surface area contributed by atoms with Crippen LogP contribution < -0.4 is 10.0 Å². The summed E-state index contributed by atoms with van der Waals surface area (Å²) in [6, 6.07) is 12.0.